The second-order valence-corrected chi connectivity index (χ2v) is 10.0. The van der Waals surface area contributed by atoms with Crippen molar-refractivity contribution in [3.63, 3.8) is 0 Å². The minimum atomic E-state index is -1.17. The number of likely N-dealkylation sites (N-methyl/N-ethyl adjacent to an activating group) is 1. The van der Waals surface area contributed by atoms with Gasteiger partial charge < -0.3 is 29.4 Å². The first-order chi connectivity index (χ1) is 19.0. The Labute approximate surface area is 233 Å². The molecule has 1 unspecified atom stereocenters. The molecule has 2 N–H and O–H groups in total. The minimum Gasteiger partial charge on any atom is -0.436 e. The van der Waals surface area contributed by atoms with Gasteiger partial charge in [0.15, 0.2) is 6.10 Å². The normalized spacial score (nSPS) is 11.8. The van der Waals surface area contributed by atoms with Crippen LogP contribution in [0.5, 0.6) is 0 Å². The summed E-state index contributed by atoms with van der Waals surface area (Å²) in [6, 6.07) is 6.97. The fourth-order valence-corrected chi connectivity index (χ4v) is 3.82. The van der Waals surface area contributed by atoms with Gasteiger partial charge in [-0.25, -0.2) is 4.79 Å². The summed E-state index contributed by atoms with van der Waals surface area (Å²) >= 11 is 0. The zero-order valence-corrected chi connectivity index (χ0v) is 23.7. The standard InChI is InChI=1S/C29H36N6O5/c1-19(2)16-20-13-14-30-23-17-21(31-26(20)23)18-35-15-9-10-22(28(35)38)32-27(37)24(40-29(39)34(5)6)11-7-8-12-25(36)33(3)4/h8-10,12-17,24,31H,7,11,18H2,1-6H3,(H,32,37)/b12-8+. The summed E-state index contributed by atoms with van der Waals surface area (Å²) in [4.78, 5) is 60.7. The van der Waals surface area contributed by atoms with E-state index in [9.17, 15) is 19.2 Å². The van der Waals surface area contributed by atoms with Crippen molar-refractivity contribution in [3.05, 3.63) is 76.0 Å². The molecule has 0 saturated carbocycles. The number of ether oxygens (including phenoxy) is 1. The van der Waals surface area contributed by atoms with Crippen LogP contribution in [0.3, 0.4) is 0 Å². The molecular formula is C29H36N6O5. The molecule has 0 saturated heterocycles. The lowest BCUT2D eigenvalue weighted by Crippen LogP contribution is -2.37. The molecule has 0 aliphatic heterocycles. The van der Waals surface area contributed by atoms with Crippen molar-refractivity contribution in [2.45, 2.75) is 39.3 Å². The Morgan fingerprint density at radius 2 is 1.90 bits per heavy atom. The maximum atomic E-state index is 13.2. The van der Waals surface area contributed by atoms with Gasteiger partial charge >= 0.3 is 6.09 Å². The second kappa shape index (κ2) is 13.4. The highest BCUT2D eigenvalue weighted by Gasteiger charge is 2.24. The molecule has 0 spiro atoms. The third-order valence-electron chi connectivity index (χ3n) is 5.87. The first kappa shape index (κ1) is 29.9. The van der Waals surface area contributed by atoms with Gasteiger partial charge in [0.05, 0.1) is 17.6 Å². The monoisotopic (exact) mass is 548 g/mol. The smallest absolute Gasteiger partial charge is 0.410 e. The van der Waals surface area contributed by atoms with Crippen molar-refractivity contribution in [1.82, 2.24) is 24.3 Å². The Balaban J connectivity index is 1.78. The number of allylic oxidation sites excluding steroid dienone is 2. The van der Waals surface area contributed by atoms with E-state index < -0.39 is 23.7 Å². The lowest BCUT2D eigenvalue weighted by atomic mass is 10.1. The van der Waals surface area contributed by atoms with Gasteiger partial charge in [-0.05, 0) is 57.0 Å². The van der Waals surface area contributed by atoms with E-state index in [1.807, 2.05) is 26.0 Å². The fraction of sp³-hybridized carbons (Fsp3) is 0.345. The number of amides is 3. The predicted molar refractivity (Wildman–Crippen MR) is 155 cm³/mol. The molecule has 3 aromatic heterocycles. The van der Waals surface area contributed by atoms with Gasteiger partial charge in [0.2, 0.25) is 5.91 Å². The lowest BCUT2D eigenvalue weighted by Gasteiger charge is -2.19. The first-order valence-electron chi connectivity index (χ1n) is 12.8. The van der Waals surface area contributed by atoms with Gasteiger partial charge in [0, 0.05) is 51.8 Å². The zero-order valence-electron chi connectivity index (χ0n) is 23.7. The number of carbonyl (C=O) groups excluding carboxylic acids is 3. The van der Waals surface area contributed by atoms with E-state index in [0.29, 0.717) is 6.42 Å². The molecule has 11 heteroatoms. The van der Waals surface area contributed by atoms with Crippen molar-refractivity contribution >= 4 is 40.7 Å². The van der Waals surface area contributed by atoms with Crippen LogP contribution in [-0.2, 0) is 20.9 Å². The third kappa shape index (κ3) is 7.92. The van der Waals surface area contributed by atoms with Gasteiger partial charge in [-0.1, -0.05) is 17.7 Å². The molecule has 11 nitrogen and oxygen atoms in total. The molecule has 40 heavy (non-hydrogen) atoms. The summed E-state index contributed by atoms with van der Waals surface area (Å²) in [5.41, 5.74) is 4.23. The molecule has 3 amide bonds. The number of hydrogen-bond donors (Lipinski definition) is 2. The van der Waals surface area contributed by atoms with Gasteiger partial charge in [-0.2, -0.15) is 0 Å². The lowest BCUT2D eigenvalue weighted by molar-refractivity contribution is -0.125. The molecule has 212 valence electrons. The van der Waals surface area contributed by atoms with Crippen molar-refractivity contribution in [2.24, 2.45) is 0 Å². The van der Waals surface area contributed by atoms with E-state index in [4.69, 9.17) is 4.74 Å². The van der Waals surface area contributed by atoms with E-state index in [2.05, 4.69) is 21.4 Å². The Hall–Kier alpha value is -4.67. The Morgan fingerprint density at radius 3 is 2.58 bits per heavy atom. The molecule has 0 aromatic carbocycles. The van der Waals surface area contributed by atoms with Crippen LogP contribution in [0.2, 0.25) is 0 Å². The number of rotatable bonds is 10. The molecule has 0 radical (unpaired) electrons. The maximum Gasteiger partial charge on any atom is 0.410 e. The second-order valence-electron chi connectivity index (χ2n) is 10.0. The number of aromatic nitrogens is 3. The Kier molecular flexibility index (Phi) is 10.0. The quantitative estimate of drug-likeness (QED) is 0.372. The number of hydrogen-bond acceptors (Lipinski definition) is 6. The average molecular weight is 549 g/mol. The van der Waals surface area contributed by atoms with Crippen LogP contribution in [0.25, 0.3) is 17.1 Å². The van der Waals surface area contributed by atoms with E-state index >= 15 is 0 Å². The summed E-state index contributed by atoms with van der Waals surface area (Å²) in [7, 11) is 6.27. The predicted octanol–water partition coefficient (Wildman–Crippen LogP) is 3.63. The summed E-state index contributed by atoms with van der Waals surface area (Å²) < 4.78 is 6.83. The van der Waals surface area contributed by atoms with Crippen LogP contribution in [0, 0.1) is 0 Å². The maximum absolute atomic E-state index is 13.2. The van der Waals surface area contributed by atoms with Gasteiger partial charge in [0.1, 0.15) is 5.69 Å². The summed E-state index contributed by atoms with van der Waals surface area (Å²) in [6.45, 7) is 4.27. The van der Waals surface area contributed by atoms with E-state index in [1.165, 1.54) is 40.6 Å². The molecule has 3 rings (SSSR count). The zero-order chi connectivity index (χ0) is 29.4. The summed E-state index contributed by atoms with van der Waals surface area (Å²) in [5, 5.41) is 2.61. The van der Waals surface area contributed by atoms with Crippen LogP contribution >= 0.6 is 0 Å². The van der Waals surface area contributed by atoms with Gasteiger partial charge in [-0.15, -0.1) is 0 Å². The third-order valence-corrected chi connectivity index (χ3v) is 5.87. The molecule has 0 bridgehead atoms. The van der Waals surface area contributed by atoms with E-state index in [0.717, 1.165) is 27.9 Å². The Morgan fingerprint density at radius 1 is 1.15 bits per heavy atom. The highest BCUT2D eigenvalue weighted by atomic mass is 16.6. The number of pyridine rings is 2. The molecule has 3 heterocycles. The molecule has 0 aliphatic rings. The summed E-state index contributed by atoms with van der Waals surface area (Å²) in [6.07, 6.45) is 6.99. The molecule has 0 fully saturated rings. The van der Waals surface area contributed by atoms with Crippen molar-refractivity contribution in [3.8, 4) is 0 Å². The number of H-pyrrole nitrogens is 1. The van der Waals surface area contributed by atoms with Crippen LogP contribution in [0.4, 0.5) is 10.5 Å². The summed E-state index contributed by atoms with van der Waals surface area (Å²) in [5.74, 6) is -0.839. The highest BCUT2D eigenvalue weighted by molar-refractivity contribution is 5.95. The SMILES string of the molecule is CC(C)=Cc1ccnc2cc(Cn3cccc(NC(=O)C(CC/C=C/C(=O)N(C)C)OC(=O)N(C)C)c3=O)[nH]c12. The number of fused-ring (bicyclic) bond motifs is 1. The van der Waals surface area contributed by atoms with Crippen molar-refractivity contribution in [2.75, 3.05) is 33.5 Å². The molecule has 3 aromatic rings. The average Bonchev–Trinajstić information content (AvgIpc) is 3.31. The molecule has 1 atom stereocenters. The number of nitrogens with zero attached hydrogens (tertiary/aromatic N) is 4. The largest absolute Gasteiger partial charge is 0.436 e. The van der Waals surface area contributed by atoms with Gasteiger partial charge in [-0.3, -0.25) is 19.4 Å². The van der Waals surface area contributed by atoms with E-state index in [1.54, 1.807) is 38.6 Å². The van der Waals surface area contributed by atoms with E-state index in [-0.39, 0.29) is 24.6 Å². The first-order valence-corrected chi connectivity index (χ1v) is 12.8. The van der Waals surface area contributed by atoms with Crippen molar-refractivity contribution < 1.29 is 19.1 Å². The molecular weight excluding hydrogens is 512 g/mol. The number of nitrogens with one attached hydrogen (secondary N) is 2. The minimum absolute atomic E-state index is 0.0520. The van der Waals surface area contributed by atoms with Crippen LogP contribution in [0.1, 0.15) is 37.9 Å². The number of carbonyl (C=O) groups is 3. The Bertz CT molecular complexity index is 1490. The molecule has 0 aliphatic carbocycles. The van der Waals surface area contributed by atoms with Crippen LogP contribution < -0.4 is 10.9 Å². The fourth-order valence-electron chi connectivity index (χ4n) is 3.82. The van der Waals surface area contributed by atoms with Crippen LogP contribution in [0.15, 0.2) is 59.2 Å². The highest BCUT2D eigenvalue weighted by Crippen LogP contribution is 2.20. The number of aromatic amines is 1. The van der Waals surface area contributed by atoms with Gasteiger partial charge in [0.25, 0.3) is 11.5 Å². The number of anilines is 1. The van der Waals surface area contributed by atoms with Crippen molar-refractivity contribution in [1.29, 1.82) is 0 Å². The van der Waals surface area contributed by atoms with Crippen LogP contribution in [-0.4, -0.2) is 76.5 Å². The topological polar surface area (TPSA) is 130 Å².